The van der Waals surface area contributed by atoms with Crippen LogP contribution in [0, 0.1) is 5.92 Å². The van der Waals surface area contributed by atoms with Gasteiger partial charge in [0.15, 0.2) is 0 Å². The van der Waals surface area contributed by atoms with E-state index in [0.717, 1.165) is 62.1 Å². The zero-order valence-corrected chi connectivity index (χ0v) is 18.1. The van der Waals surface area contributed by atoms with Gasteiger partial charge in [-0.2, -0.15) is 0 Å². The van der Waals surface area contributed by atoms with Crippen LogP contribution in [-0.2, 0) is 16.9 Å². The number of rotatable bonds is 5. The van der Waals surface area contributed by atoms with E-state index < -0.39 is 5.60 Å². The van der Waals surface area contributed by atoms with Crippen LogP contribution in [0.25, 0.3) is 0 Å². The third-order valence-electron chi connectivity index (χ3n) is 6.56. The Kier molecular flexibility index (Phi) is 5.47. The predicted molar refractivity (Wildman–Crippen MR) is 116 cm³/mol. The van der Waals surface area contributed by atoms with Crippen LogP contribution in [0.5, 0.6) is 0 Å². The number of piperazine rings is 1. The summed E-state index contributed by atoms with van der Waals surface area (Å²) in [6.45, 7) is 5.97. The lowest BCUT2D eigenvalue weighted by atomic mass is 9.88. The number of hydrogen-bond acceptors (Lipinski definition) is 7. The van der Waals surface area contributed by atoms with Gasteiger partial charge in [0.05, 0.1) is 12.2 Å². The molecule has 4 heterocycles. The lowest BCUT2D eigenvalue weighted by Crippen LogP contribution is -2.46. The van der Waals surface area contributed by atoms with Crippen molar-refractivity contribution >= 4 is 23.1 Å². The molecule has 7 nitrogen and oxygen atoms in total. The third-order valence-corrected chi connectivity index (χ3v) is 7.40. The number of hydrogen-bond donors (Lipinski definition) is 1. The van der Waals surface area contributed by atoms with E-state index in [-0.39, 0.29) is 11.8 Å². The SMILES string of the molecule is O=C(C1CC1)N1CCC(O)(c2csc(CN3CCN(c4ccccn4)CC3)n2)CC1. The molecule has 5 rings (SSSR count). The van der Waals surface area contributed by atoms with Crippen molar-refractivity contribution in [1.82, 2.24) is 19.8 Å². The summed E-state index contributed by atoms with van der Waals surface area (Å²) in [5.41, 5.74) is -0.111. The number of nitrogens with zero attached hydrogens (tertiary/aromatic N) is 5. The number of amides is 1. The summed E-state index contributed by atoms with van der Waals surface area (Å²) < 4.78 is 0. The third kappa shape index (κ3) is 4.22. The number of piperidine rings is 1. The van der Waals surface area contributed by atoms with Gasteiger partial charge in [-0.05, 0) is 37.8 Å². The molecule has 0 atom stereocenters. The highest BCUT2D eigenvalue weighted by Gasteiger charge is 2.40. The second-order valence-corrected chi connectivity index (χ2v) is 9.65. The van der Waals surface area contributed by atoms with E-state index in [1.165, 1.54) is 0 Å². The molecule has 2 saturated heterocycles. The van der Waals surface area contributed by atoms with Crippen molar-refractivity contribution < 1.29 is 9.90 Å². The lowest BCUT2D eigenvalue weighted by Gasteiger charge is -2.37. The molecule has 1 N–H and O–H groups in total. The standard InChI is InChI=1S/C22H29N5O2S/c28-21(17-4-5-17)27-9-6-22(29,7-10-27)18-16-30-20(24-18)15-25-11-13-26(14-12-25)19-3-1-2-8-23-19/h1-3,8,16-17,29H,4-7,9-15H2. The Bertz CT molecular complexity index is 869. The normalized spacial score (nSPS) is 22.3. The molecule has 0 radical (unpaired) electrons. The topological polar surface area (TPSA) is 72.8 Å². The first-order valence-corrected chi connectivity index (χ1v) is 11.8. The first kappa shape index (κ1) is 19.9. The quantitative estimate of drug-likeness (QED) is 0.788. The molecule has 0 spiro atoms. The fourth-order valence-corrected chi connectivity index (χ4v) is 5.33. The van der Waals surface area contributed by atoms with E-state index in [1.807, 2.05) is 28.6 Å². The summed E-state index contributed by atoms with van der Waals surface area (Å²) in [5, 5.41) is 14.2. The molecule has 1 saturated carbocycles. The highest BCUT2D eigenvalue weighted by atomic mass is 32.1. The number of aliphatic hydroxyl groups is 1. The fourth-order valence-electron chi connectivity index (χ4n) is 4.41. The second kappa shape index (κ2) is 8.24. The molecule has 8 heteroatoms. The van der Waals surface area contributed by atoms with E-state index >= 15 is 0 Å². The molecule has 160 valence electrons. The van der Waals surface area contributed by atoms with E-state index in [0.29, 0.717) is 25.9 Å². The Balaban J connectivity index is 1.14. The van der Waals surface area contributed by atoms with Gasteiger partial charge in [0.1, 0.15) is 16.4 Å². The highest BCUT2D eigenvalue weighted by Crippen LogP contribution is 2.37. The Labute approximate surface area is 181 Å². The van der Waals surface area contributed by atoms with Gasteiger partial charge in [0.2, 0.25) is 5.91 Å². The largest absolute Gasteiger partial charge is 0.383 e. The van der Waals surface area contributed by atoms with Crippen molar-refractivity contribution in [3.63, 3.8) is 0 Å². The molecule has 1 amide bonds. The van der Waals surface area contributed by atoms with Crippen LogP contribution in [0.3, 0.4) is 0 Å². The van der Waals surface area contributed by atoms with Crippen LogP contribution in [0.2, 0.25) is 0 Å². The molecular weight excluding hydrogens is 398 g/mol. The number of pyridine rings is 1. The van der Waals surface area contributed by atoms with Crippen LogP contribution >= 0.6 is 11.3 Å². The van der Waals surface area contributed by atoms with E-state index in [4.69, 9.17) is 4.98 Å². The van der Waals surface area contributed by atoms with Crippen LogP contribution in [0.1, 0.15) is 36.4 Å². The van der Waals surface area contributed by atoms with Crippen molar-refractivity contribution in [2.45, 2.75) is 37.8 Å². The minimum absolute atomic E-state index is 0.250. The summed E-state index contributed by atoms with van der Waals surface area (Å²) in [6.07, 6.45) is 5.07. The lowest BCUT2D eigenvalue weighted by molar-refractivity contribution is -0.137. The number of aromatic nitrogens is 2. The predicted octanol–water partition coefficient (Wildman–Crippen LogP) is 2.08. The summed E-state index contributed by atoms with van der Waals surface area (Å²) in [4.78, 5) is 28.2. The van der Waals surface area contributed by atoms with Crippen molar-refractivity contribution in [2.75, 3.05) is 44.2 Å². The second-order valence-electron chi connectivity index (χ2n) is 8.71. The van der Waals surface area contributed by atoms with Crippen molar-refractivity contribution in [3.8, 4) is 0 Å². The van der Waals surface area contributed by atoms with Gasteiger partial charge in [0, 0.05) is 56.8 Å². The van der Waals surface area contributed by atoms with Gasteiger partial charge in [-0.25, -0.2) is 9.97 Å². The highest BCUT2D eigenvalue weighted by molar-refractivity contribution is 7.09. The first-order valence-electron chi connectivity index (χ1n) is 11.0. The van der Waals surface area contributed by atoms with Crippen molar-refractivity contribution in [2.24, 2.45) is 5.92 Å². The monoisotopic (exact) mass is 427 g/mol. The molecule has 30 heavy (non-hydrogen) atoms. The van der Waals surface area contributed by atoms with Crippen LogP contribution in [0.15, 0.2) is 29.8 Å². The summed E-state index contributed by atoms with van der Waals surface area (Å²) >= 11 is 1.64. The van der Waals surface area contributed by atoms with Crippen molar-refractivity contribution in [1.29, 1.82) is 0 Å². The molecule has 0 bridgehead atoms. The van der Waals surface area contributed by atoms with Gasteiger partial charge < -0.3 is 14.9 Å². The molecule has 2 aliphatic heterocycles. The number of carbonyl (C=O) groups excluding carboxylic acids is 1. The number of thiazole rings is 1. The van der Waals surface area contributed by atoms with Crippen LogP contribution in [-0.4, -0.2) is 70.1 Å². The fraction of sp³-hybridized carbons (Fsp3) is 0.591. The van der Waals surface area contributed by atoms with Gasteiger partial charge in [-0.3, -0.25) is 9.69 Å². The number of likely N-dealkylation sites (tertiary alicyclic amines) is 1. The molecule has 0 aromatic carbocycles. The van der Waals surface area contributed by atoms with Gasteiger partial charge >= 0.3 is 0 Å². The minimum atomic E-state index is -0.896. The smallest absolute Gasteiger partial charge is 0.225 e. The van der Waals surface area contributed by atoms with Crippen LogP contribution in [0.4, 0.5) is 5.82 Å². The minimum Gasteiger partial charge on any atom is -0.383 e. The van der Waals surface area contributed by atoms with E-state index in [9.17, 15) is 9.90 Å². The van der Waals surface area contributed by atoms with E-state index in [2.05, 4.69) is 20.9 Å². The molecule has 2 aromatic rings. The maximum atomic E-state index is 12.3. The molecule has 2 aromatic heterocycles. The summed E-state index contributed by atoms with van der Waals surface area (Å²) in [7, 11) is 0. The Morgan fingerprint density at radius 2 is 1.90 bits per heavy atom. The molecule has 0 unspecified atom stereocenters. The average molecular weight is 428 g/mol. The number of carbonyl (C=O) groups is 1. The van der Waals surface area contributed by atoms with Gasteiger partial charge in [0.25, 0.3) is 0 Å². The Morgan fingerprint density at radius 1 is 1.13 bits per heavy atom. The average Bonchev–Trinajstić information content (AvgIpc) is 3.53. The molecule has 3 aliphatic rings. The van der Waals surface area contributed by atoms with Crippen LogP contribution < -0.4 is 4.90 Å². The summed E-state index contributed by atoms with van der Waals surface area (Å²) in [6, 6.07) is 6.04. The Morgan fingerprint density at radius 3 is 2.57 bits per heavy atom. The van der Waals surface area contributed by atoms with Gasteiger partial charge in [-0.1, -0.05) is 6.07 Å². The van der Waals surface area contributed by atoms with Crippen molar-refractivity contribution in [3.05, 3.63) is 40.5 Å². The zero-order chi connectivity index (χ0) is 20.6. The Hall–Kier alpha value is -2.03. The molecular formula is C22H29N5O2S. The maximum Gasteiger partial charge on any atom is 0.225 e. The molecule has 1 aliphatic carbocycles. The van der Waals surface area contributed by atoms with E-state index in [1.54, 1.807) is 11.3 Å². The first-order chi connectivity index (χ1) is 14.6. The summed E-state index contributed by atoms with van der Waals surface area (Å²) in [5.74, 6) is 1.57. The number of anilines is 1. The molecule has 3 fully saturated rings. The maximum absolute atomic E-state index is 12.3. The zero-order valence-electron chi connectivity index (χ0n) is 17.2. The van der Waals surface area contributed by atoms with Gasteiger partial charge in [-0.15, -0.1) is 11.3 Å².